The SMILES string of the molecule is O=P(O)(O)O.[Ca+2].[Cl-].[Cl-]. The predicted octanol–water partition coefficient (Wildman–Crippen LogP) is -7.30. The first-order valence-electron chi connectivity index (χ1n) is 0.783. The van der Waals surface area contributed by atoms with Crippen LogP contribution in [0.3, 0.4) is 0 Å². The Labute approximate surface area is 88.7 Å². The Morgan fingerprint density at radius 2 is 1.00 bits per heavy atom. The van der Waals surface area contributed by atoms with Crippen LogP contribution in [0.4, 0.5) is 0 Å². The van der Waals surface area contributed by atoms with E-state index in [0.29, 0.717) is 0 Å². The smallest absolute Gasteiger partial charge is 1.00 e. The van der Waals surface area contributed by atoms with Gasteiger partial charge in [-0.15, -0.1) is 0 Å². The fourth-order valence-electron chi connectivity index (χ4n) is 0. The van der Waals surface area contributed by atoms with Crippen LogP contribution < -0.4 is 24.8 Å². The molecular formula is H3CaCl2O4P. The average Bonchev–Trinajstić information content (AvgIpc) is 0.722. The summed E-state index contributed by atoms with van der Waals surface area (Å²) in [5.41, 5.74) is 0. The van der Waals surface area contributed by atoms with Gasteiger partial charge >= 0.3 is 45.6 Å². The summed E-state index contributed by atoms with van der Waals surface area (Å²) in [4.78, 5) is 21.6. The largest absolute Gasteiger partial charge is 2.00 e. The first-order chi connectivity index (χ1) is 2.00. The molecule has 0 aliphatic heterocycles. The molecule has 0 saturated carbocycles. The molecule has 3 N–H and O–H groups in total. The van der Waals surface area contributed by atoms with Crippen LogP contribution in [-0.4, -0.2) is 52.4 Å². The zero-order chi connectivity index (χ0) is 4.50. The Hall–Kier alpha value is 1.95. The molecule has 0 aromatic heterocycles. The summed E-state index contributed by atoms with van der Waals surface area (Å²) in [6.45, 7) is 0. The molecule has 0 radical (unpaired) electrons. The number of halogens is 2. The van der Waals surface area contributed by atoms with Crippen molar-refractivity contribution in [3.63, 3.8) is 0 Å². The van der Waals surface area contributed by atoms with Gasteiger partial charge in [0.25, 0.3) is 0 Å². The first kappa shape index (κ1) is 22.5. The van der Waals surface area contributed by atoms with Crippen molar-refractivity contribution in [3.05, 3.63) is 0 Å². The van der Waals surface area contributed by atoms with Crippen molar-refractivity contribution in [2.75, 3.05) is 0 Å². The second kappa shape index (κ2) is 8.95. The average molecular weight is 209 g/mol. The Morgan fingerprint density at radius 3 is 1.00 bits per heavy atom. The van der Waals surface area contributed by atoms with Crippen LogP contribution >= 0.6 is 7.82 Å². The first-order valence-corrected chi connectivity index (χ1v) is 2.35. The van der Waals surface area contributed by atoms with Crippen molar-refractivity contribution in [2.45, 2.75) is 0 Å². The fraction of sp³-hybridized carbons (Fsp3) is 0. The maximum atomic E-state index is 8.88. The van der Waals surface area contributed by atoms with E-state index in [2.05, 4.69) is 0 Å². The quantitative estimate of drug-likeness (QED) is 0.273. The number of rotatable bonds is 0. The molecule has 8 heteroatoms. The summed E-state index contributed by atoms with van der Waals surface area (Å²) >= 11 is 0. The third kappa shape index (κ3) is 101. The van der Waals surface area contributed by atoms with Gasteiger partial charge < -0.3 is 39.5 Å². The summed E-state index contributed by atoms with van der Waals surface area (Å²) < 4.78 is 8.88. The Kier molecular flexibility index (Phi) is 25.2. The fourth-order valence-corrected chi connectivity index (χ4v) is 0. The van der Waals surface area contributed by atoms with E-state index in [1.54, 1.807) is 0 Å². The van der Waals surface area contributed by atoms with Crippen LogP contribution in [0.5, 0.6) is 0 Å². The van der Waals surface area contributed by atoms with Gasteiger partial charge in [-0.25, -0.2) is 4.57 Å². The minimum absolute atomic E-state index is 0. The van der Waals surface area contributed by atoms with Crippen LogP contribution in [0.2, 0.25) is 0 Å². The maximum Gasteiger partial charge on any atom is 2.00 e. The van der Waals surface area contributed by atoms with Crippen molar-refractivity contribution in [1.82, 2.24) is 0 Å². The van der Waals surface area contributed by atoms with E-state index in [9.17, 15) is 0 Å². The third-order valence-electron chi connectivity index (χ3n) is 0. The van der Waals surface area contributed by atoms with Crippen molar-refractivity contribution in [1.29, 1.82) is 0 Å². The molecule has 48 valence electrons. The summed E-state index contributed by atoms with van der Waals surface area (Å²) in [5.74, 6) is 0. The summed E-state index contributed by atoms with van der Waals surface area (Å²) in [5, 5.41) is 0. The van der Waals surface area contributed by atoms with E-state index >= 15 is 0 Å². The Morgan fingerprint density at radius 1 is 1.00 bits per heavy atom. The second-order valence-corrected chi connectivity index (χ2v) is 1.54. The van der Waals surface area contributed by atoms with E-state index in [0.717, 1.165) is 0 Å². The number of phosphoric acid groups is 1. The molecule has 0 aromatic carbocycles. The van der Waals surface area contributed by atoms with E-state index in [4.69, 9.17) is 19.2 Å². The van der Waals surface area contributed by atoms with Gasteiger partial charge in [0.05, 0.1) is 0 Å². The molecule has 0 heterocycles. The van der Waals surface area contributed by atoms with E-state index < -0.39 is 7.82 Å². The summed E-state index contributed by atoms with van der Waals surface area (Å²) in [7, 11) is -4.64. The molecule has 0 saturated heterocycles. The minimum Gasteiger partial charge on any atom is -1.00 e. The van der Waals surface area contributed by atoms with Gasteiger partial charge in [-0.1, -0.05) is 0 Å². The molecule has 4 nitrogen and oxygen atoms in total. The molecule has 0 aliphatic carbocycles. The van der Waals surface area contributed by atoms with Gasteiger partial charge in [-0.2, -0.15) is 0 Å². The zero-order valence-corrected chi connectivity index (χ0v) is 8.27. The van der Waals surface area contributed by atoms with Gasteiger partial charge in [0.2, 0.25) is 0 Å². The molecule has 0 amide bonds. The monoisotopic (exact) mass is 208 g/mol. The minimum atomic E-state index is -4.64. The summed E-state index contributed by atoms with van der Waals surface area (Å²) in [6, 6.07) is 0. The predicted molar refractivity (Wildman–Crippen MR) is 20.0 cm³/mol. The molecule has 0 fully saturated rings. The molecule has 0 rings (SSSR count). The Bertz CT molecular complexity index is 60.2. The van der Waals surface area contributed by atoms with E-state index in [-0.39, 0.29) is 62.6 Å². The van der Waals surface area contributed by atoms with E-state index in [1.807, 2.05) is 0 Å². The molecule has 0 unspecified atom stereocenters. The standard InChI is InChI=1S/Ca.2ClH.H3O4P/c;;;1-5(2,3)4/h;2*1H;(H3,1,2,3,4)/q+2;;;/p-2. The van der Waals surface area contributed by atoms with Crippen LogP contribution in [0.1, 0.15) is 0 Å². The normalized spacial score (nSPS) is 7.38. The Balaban J connectivity index is -0.0000000267. The van der Waals surface area contributed by atoms with Crippen LogP contribution in [0.15, 0.2) is 0 Å². The molecule has 8 heavy (non-hydrogen) atoms. The van der Waals surface area contributed by atoms with Gasteiger partial charge in [0, 0.05) is 0 Å². The van der Waals surface area contributed by atoms with Crippen molar-refractivity contribution in [2.24, 2.45) is 0 Å². The molecule has 0 aliphatic rings. The topological polar surface area (TPSA) is 77.8 Å². The number of hydrogen-bond donors (Lipinski definition) is 3. The van der Waals surface area contributed by atoms with E-state index in [1.165, 1.54) is 0 Å². The van der Waals surface area contributed by atoms with Gasteiger partial charge in [-0.3, -0.25) is 0 Å². The van der Waals surface area contributed by atoms with Gasteiger partial charge in [-0.05, 0) is 0 Å². The molecule has 0 aromatic rings. The summed E-state index contributed by atoms with van der Waals surface area (Å²) in [6.07, 6.45) is 0. The van der Waals surface area contributed by atoms with Gasteiger partial charge in [0.15, 0.2) is 0 Å². The molecule has 0 atom stereocenters. The van der Waals surface area contributed by atoms with Crippen LogP contribution in [0.25, 0.3) is 0 Å². The molecular weight excluding hydrogens is 206 g/mol. The van der Waals surface area contributed by atoms with Crippen LogP contribution in [0, 0.1) is 0 Å². The van der Waals surface area contributed by atoms with Crippen molar-refractivity contribution >= 4 is 45.6 Å². The van der Waals surface area contributed by atoms with Gasteiger partial charge in [0.1, 0.15) is 0 Å². The zero-order valence-electron chi connectivity index (χ0n) is 3.66. The molecule has 0 spiro atoms. The third-order valence-corrected chi connectivity index (χ3v) is 0. The van der Waals surface area contributed by atoms with Crippen LogP contribution in [-0.2, 0) is 4.57 Å². The van der Waals surface area contributed by atoms with Crippen molar-refractivity contribution in [3.8, 4) is 0 Å². The maximum absolute atomic E-state index is 8.88. The number of hydrogen-bond acceptors (Lipinski definition) is 1. The second-order valence-electron chi connectivity index (χ2n) is 0.513. The molecule has 0 bridgehead atoms. The van der Waals surface area contributed by atoms with Crippen molar-refractivity contribution < 1.29 is 44.1 Å².